The van der Waals surface area contributed by atoms with Gasteiger partial charge in [-0.2, -0.15) is 5.10 Å². The first-order chi connectivity index (χ1) is 8.52. The van der Waals surface area contributed by atoms with E-state index >= 15 is 0 Å². The Labute approximate surface area is 106 Å². The number of likely N-dealkylation sites (tertiary alicyclic amines) is 1. The van der Waals surface area contributed by atoms with Crippen LogP contribution in [0.25, 0.3) is 0 Å². The molecule has 0 radical (unpaired) electrons. The highest BCUT2D eigenvalue weighted by Crippen LogP contribution is 2.22. The molecule has 0 bridgehead atoms. The molecule has 6 heteroatoms. The fraction of sp³-hybridized carbons (Fsp3) is 0.583. The third kappa shape index (κ3) is 2.23. The highest BCUT2D eigenvalue weighted by Gasteiger charge is 2.33. The molecule has 0 aliphatic carbocycles. The molecular weight excluding hydrogens is 232 g/mol. The lowest BCUT2D eigenvalue weighted by Gasteiger charge is -2.13. The Kier molecular flexibility index (Phi) is 3.36. The second-order valence-corrected chi connectivity index (χ2v) is 4.63. The molecule has 2 N–H and O–H groups in total. The smallest absolute Gasteiger partial charge is 0.229 e. The van der Waals surface area contributed by atoms with Gasteiger partial charge in [-0.1, -0.05) is 0 Å². The summed E-state index contributed by atoms with van der Waals surface area (Å²) in [5, 5.41) is 9.70. The minimum absolute atomic E-state index is 0.0540. The predicted octanol–water partition coefficient (Wildman–Crippen LogP) is 0.833. The van der Waals surface area contributed by atoms with Gasteiger partial charge in [0, 0.05) is 19.5 Å². The number of carbonyl (C=O) groups excluding carboxylic acids is 2. The fourth-order valence-corrected chi connectivity index (χ4v) is 2.21. The highest BCUT2D eigenvalue weighted by molar-refractivity contribution is 5.97. The van der Waals surface area contributed by atoms with Crippen LogP contribution in [0.1, 0.15) is 24.7 Å². The second-order valence-electron chi connectivity index (χ2n) is 4.63. The molecule has 2 amide bonds. The van der Waals surface area contributed by atoms with E-state index in [1.54, 1.807) is 4.90 Å². The monoisotopic (exact) mass is 250 g/mol. The van der Waals surface area contributed by atoms with Crippen molar-refractivity contribution in [2.45, 2.75) is 27.2 Å². The van der Waals surface area contributed by atoms with Crippen LogP contribution in [0.5, 0.6) is 0 Å². The van der Waals surface area contributed by atoms with Crippen molar-refractivity contribution in [2.24, 2.45) is 5.92 Å². The molecule has 2 heterocycles. The summed E-state index contributed by atoms with van der Waals surface area (Å²) in [5.41, 5.74) is 2.32. The number of nitrogens with zero attached hydrogens (tertiary/aromatic N) is 2. The molecule has 98 valence electrons. The van der Waals surface area contributed by atoms with Gasteiger partial charge in [-0.05, 0) is 20.8 Å². The van der Waals surface area contributed by atoms with Gasteiger partial charge in [0.25, 0.3) is 0 Å². The van der Waals surface area contributed by atoms with Crippen molar-refractivity contribution in [1.29, 1.82) is 0 Å². The van der Waals surface area contributed by atoms with E-state index < -0.39 is 0 Å². The average Bonchev–Trinajstić information content (AvgIpc) is 2.86. The molecule has 0 saturated carbocycles. The summed E-state index contributed by atoms with van der Waals surface area (Å²) in [6.45, 7) is 6.77. The quantitative estimate of drug-likeness (QED) is 0.834. The zero-order valence-electron chi connectivity index (χ0n) is 10.9. The van der Waals surface area contributed by atoms with Gasteiger partial charge in [0.15, 0.2) is 0 Å². The molecule has 0 spiro atoms. The van der Waals surface area contributed by atoms with Crippen molar-refractivity contribution < 1.29 is 9.59 Å². The maximum absolute atomic E-state index is 12.1. The molecule has 1 aromatic heterocycles. The van der Waals surface area contributed by atoms with E-state index in [0.29, 0.717) is 19.5 Å². The standard InChI is InChI=1S/C12H18N4O2/c1-4-16-6-9(5-10(16)17)12(18)13-11-7(2)14-15-8(11)3/h9H,4-6H2,1-3H3,(H,13,18)(H,14,15). The van der Waals surface area contributed by atoms with Crippen LogP contribution >= 0.6 is 0 Å². The molecule has 1 unspecified atom stereocenters. The van der Waals surface area contributed by atoms with Crippen molar-refractivity contribution in [3.05, 3.63) is 11.4 Å². The third-order valence-corrected chi connectivity index (χ3v) is 3.34. The lowest BCUT2D eigenvalue weighted by Crippen LogP contribution is -2.28. The first-order valence-corrected chi connectivity index (χ1v) is 6.13. The number of amides is 2. The molecular formula is C12H18N4O2. The lowest BCUT2D eigenvalue weighted by molar-refractivity contribution is -0.128. The van der Waals surface area contributed by atoms with Crippen molar-refractivity contribution in [3.8, 4) is 0 Å². The number of hydrogen-bond acceptors (Lipinski definition) is 3. The molecule has 1 aromatic rings. The summed E-state index contributed by atoms with van der Waals surface area (Å²) in [6, 6.07) is 0. The van der Waals surface area contributed by atoms with Crippen LogP contribution in [-0.2, 0) is 9.59 Å². The Morgan fingerprint density at radius 3 is 2.78 bits per heavy atom. The molecule has 18 heavy (non-hydrogen) atoms. The first kappa shape index (κ1) is 12.6. The fourth-order valence-electron chi connectivity index (χ4n) is 2.21. The summed E-state index contributed by atoms with van der Waals surface area (Å²) in [4.78, 5) is 25.4. The number of aromatic nitrogens is 2. The Morgan fingerprint density at radius 1 is 1.56 bits per heavy atom. The van der Waals surface area contributed by atoms with E-state index in [9.17, 15) is 9.59 Å². The SMILES string of the molecule is CCN1CC(C(=O)Nc2c(C)n[nH]c2C)CC1=O. The number of rotatable bonds is 3. The van der Waals surface area contributed by atoms with Gasteiger partial charge in [-0.3, -0.25) is 14.7 Å². The summed E-state index contributed by atoms with van der Waals surface area (Å²) < 4.78 is 0. The van der Waals surface area contributed by atoms with Crippen LogP contribution in [0.4, 0.5) is 5.69 Å². The van der Waals surface area contributed by atoms with Crippen molar-refractivity contribution in [2.75, 3.05) is 18.4 Å². The van der Waals surface area contributed by atoms with Crippen LogP contribution in [0, 0.1) is 19.8 Å². The molecule has 2 rings (SSSR count). The third-order valence-electron chi connectivity index (χ3n) is 3.34. The van der Waals surface area contributed by atoms with Crippen LogP contribution < -0.4 is 5.32 Å². The number of H-pyrrole nitrogens is 1. The van der Waals surface area contributed by atoms with Crippen molar-refractivity contribution in [3.63, 3.8) is 0 Å². The maximum Gasteiger partial charge on any atom is 0.229 e. The van der Waals surface area contributed by atoms with Crippen LogP contribution in [0.2, 0.25) is 0 Å². The topological polar surface area (TPSA) is 78.1 Å². The van der Waals surface area contributed by atoms with E-state index in [4.69, 9.17) is 0 Å². The number of anilines is 1. The number of aryl methyl sites for hydroxylation is 2. The number of aromatic amines is 1. The van der Waals surface area contributed by atoms with Gasteiger partial charge in [0.2, 0.25) is 11.8 Å². The zero-order valence-corrected chi connectivity index (χ0v) is 10.9. The number of carbonyl (C=O) groups is 2. The molecule has 1 aliphatic heterocycles. The molecule has 1 fully saturated rings. The van der Waals surface area contributed by atoms with Crippen molar-refractivity contribution in [1.82, 2.24) is 15.1 Å². The summed E-state index contributed by atoms with van der Waals surface area (Å²) in [7, 11) is 0. The Morgan fingerprint density at radius 2 is 2.28 bits per heavy atom. The molecule has 6 nitrogen and oxygen atoms in total. The normalized spacial score (nSPS) is 19.4. The van der Waals surface area contributed by atoms with Gasteiger partial charge in [0.05, 0.1) is 23.0 Å². The first-order valence-electron chi connectivity index (χ1n) is 6.13. The van der Waals surface area contributed by atoms with E-state index in [1.807, 2.05) is 20.8 Å². The van der Waals surface area contributed by atoms with Gasteiger partial charge in [-0.25, -0.2) is 0 Å². The zero-order chi connectivity index (χ0) is 13.3. The maximum atomic E-state index is 12.1. The summed E-state index contributed by atoms with van der Waals surface area (Å²) in [6.07, 6.45) is 0.301. The minimum Gasteiger partial charge on any atom is -0.342 e. The van der Waals surface area contributed by atoms with E-state index in [-0.39, 0.29) is 17.7 Å². The van der Waals surface area contributed by atoms with E-state index in [2.05, 4.69) is 15.5 Å². The molecule has 0 aromatic carbocycles. The Hall–Kier alpha value is -1.85. The minimum atomic E-state index is -0.258. The van der Waals surface area contributed by atoms with Gasteiger partial charge >= 0.3 is 0 Å². The molecule has 1 saturated heterocycles. The Bertz CT molecular complexity index is 461. The summed E-state index contributed by atoms with van der Waals surface area (Å²) in [5.74, 6) is -0.309. The number of nitrogens with one attached hydrogen (secondary N) is 2. The lowest BCUT2D eigenvalue weighted by atomic mass is 10.1. The van der Waals surface area contributed by atoms with Crippen LogP contribution in [-0.4, -0.2) is 40.0 Å². The number of hydrogen-bond donors (Lipinski definition) is 2. The van der Waals surface area contributed by atoms with Crippen molar-refractivity contribution >= 4 is 17.5 Å². The van der Waals surface area contributed by atoms with Crippen LogP contribution in [0.3, 0.4) is 0 Å². The van der Waals surface area contributed by atoms with Crippen LogP contribution in [0.15, 0.2) is 0 Å². The Balaban J connectivity index is 2.04. The van der Waals surface area contributed by atoms with Gasteiger partial charge < -0.3 is 10.2 Å². The predicted molar refractivity (Wildman–Crippen MR) is 67.1 cm³/mol. The second kappa shape index (κ2) is 4.80. The molecule has 1 aliphatic rings. The molecule has 1 atom stereocenters. The summed E-state index contributed by atoms with van der Waals surface area (Å²) >= 11 is 0. The van der Waals surface area contributed by atoms with E-state index in [0.717, 1.165) is 17.1 Å². The largest absolute Gasteiger partial charge is 0.342 e. The highest BCUT2D eigenvalue weighted by atomic mass is 16.2. The van der Waals surface area contributed by atoms with E-state index in [1.165, 1.54) is 0 Å². The average molecular weight is 250 g/mol. The van der Waals surface area contributed by atoms with Gasteiger partial charge in [0.1, 0.15) is 0 Å². The van der Waals surface area contributed by atoms with Gasteiger partial charge in [-0.15, -0.1) is 0 Å².